The fourth-order valence-electron chi connectivity index (χ4n) is 2.83. The van der Waals surface area contributed by atoms with Crippen LogP contribution >= 0.6 is 11.6 Å². The quantitative estimate of drug-likeness (QED) is 0.554. The van der Waals surface area contributed by atoms with Crippen LogP contribution in [0.1, 0.15) is 16.1 Å². The topological polar surface area (TPSA) is 108 Å². The summed E-state index contributed by atoms with van der Waals surface area (Å²) in [7, 11) is 1.51. The molecule has 9 nitrogen and oxygen atoms in total. The molecule has 146 valence electrons. The Morgan fingerprint density at radius 2 is 1.83 bits per heavy atom. The van der Waals surface area contributed by atoms with Gasteiger partial charge in [0.2, 0.25) is 0 Å². The van der Waals surface area contributed by atoms with Crippen molar-refractivity contribution in [1.29, 1.82) is 0 Å². The van der Waals surface area contributed by atoms with Gasteiger partial charge in [-0.25, -0.2) is 4.79 Å². The minimum absolute atomic E-state index is 0.298. The third kappa shape index (κ3) is 3.43. The van der Waals surface area contributed by atoms with Gasteiger partial charge in [0.25, 0.3) is 5.91 Å². The number of carbonyl (C=O) groups excluding carboxylic acids is 1. The standard InChI is InChI=1S/C19H15ClN6O3/c1-11-16(17(22-29-11)14-5-3-4-6-15(14)20)18(27)21-12-7-9-13(10-8-12)26-19(28)25(2)23-24-26/h3-10H,1-2H3,(H,21,27). The van der Waals surface area contributed by atoms with E-state index in [2.05, 4.69) is 20.9 Å². The predicted octanol–water partition coefficient (Wildman–Crippen LogP) is 2.84. The third-order valence-corrected chi connectivity index (χ3v) is 4.64. The molecule has 0 bridgehead atoms. The zero-order chi connectivity index (χ0) is 20.5. The van der Waals surface area contributed by atoms with E-state index >= 15 is 0 Å². The number of nitrogens with zero attached hydrogens (tertiary/aromatic N) is 5. The zero-order valence-corrected chi connectivity index (χ0v) is 16.2. The van der Waals surface area contributed by atoms with Gasteiger partial charge in [0, 0.05) is 18.3 Å². The number of anilines is 1. The van der Waals surface area contributed by atoms with Crippen LogP contribution in [0.5, 0.6) is 0 Å². The molecule has 2 heterocycles. The molecule has 0 aliphatic carbocycles. The highest BCUT2D eigenvalue weighted by molar-refractivity contribution is 6.33. The van der Waals surface area contributed by atoms with Crippen LogP contribution in [0, 0.1) is 6.92 Å². The summed E-state index contributed by atoms with van der Waals surface area (Å²) in [6, 6.07) is 13.7. The molecule has 29 heavy (non-hydrogen) atoms. The molecule has 4 aromatic rings. The molecule has 0 radical (unpaired) electrons. The van der Waals surface area contributed by atoms with E-state index in [-0.39, 0.29) is 11.6 Å². The van der Waals surface area contributed by atoms with Crippen molar-refractivity contribution in [2.45, 2.75) is 6.92 Å². The fourth-order valence-corrected chi connectivity index (χ4v) is 3.06. The summed E-state index contributed by atoms with van der Waals surface area (Å²) in [6.45, 7) is 1.66. The first-order valence-electron chi connectivity index (χ1n) is 8.57. The summed E-state index contributed by atoms with van der Waals surface area (Å²) in [5, 5.41) is 14.7. The molecule has 0 spiro atoms. The molecule has 2 aromatic heterocycles. The van der Waals surface area contributed by atoms with E-state index in [0.717, 1.165) is 9.36 Å². The van der Waals surface area contributed by atoms with E-state index in [1.807, 2.05) is 0 Å². The molecule has 0 unspecified atom stereocenters. The van der Waals surface area contributed by atoms with Crippen molar-refractivity contribution in [3.63, 3.8) is 0 Å². The third-order valence-electron chi connectivity index (χ3n) is 4.31. The second-order valence-corrected chi connectivity index (χ2v) is 6.65. The largest absolute Gasteiger partial charge is 0.368 e. The average Bonchev–Trinajstić information content (AvgIpc) is 3.25. The van der Waals surface area contributed by atoms with E-state index in [0.29, 0.717) is 39.0 Å². The van der Waals surface area contributed by atoms with Crippen LogP contribution in [-0.4, -0.2) is 30.9 Å². The Balaban J connectivity index is 1.61. The first kappa shape index (κ1) is 18.6. The Labute approximate surface area is 169 Å². The van der Waals surface area contributed by atoms with Gasteiger partial charge in [-0.1, -0.05) is 35.0 Å². The van der Waals surface area contributed by atoms with Gasteiger partial charge in [-0.2, -0.15) is 9.36 Å². The van der Waals surface area contributed by atoms with E-state index in [1.54, 1.807) is 55.5 Å². The van der Waals surface area contributed by atoms with Crippen molar-refractivity contribution >= 4 is 23.2 Å². The number of carbonyl (C=O) groups is 1. The van der Waals surface area contributed by atoms with E-state index in [9.17, 15) is 9.59 Å². The first-order valence-corrected chi connectivity index (χ1v) is 8.95. The van der Waals surface area contributed by atoms with Crippen molar-refractivity contribution < 1.29 is 9.32 Å². The van der Waals surface area contributed by atoms with Crippen molar-refractivity contribution in [3.8, 4) is 16.9 Å². The van der Waals surface area contributed by atoms with E-state index in [1.165, 1.54) is 7.05 Å². The highest BCUT2D eigenvalue weighted by Crippen LogP contribution is 2.31. The molecule has 1 amide bonds. The van der Waals surface area contributed by atoms with Gasteiger partial charge in [0.1, 0.15) is 17.0 Å². The smallest absolute Gasteiger partial charge is 0.360 e. The molecule has 0 saturated carbocycles. The predicted molar refractivity (Wildman–Crippen MR) is 106 cm³/mol. The Morgan fingerprint density at radius 1 is 1.10 bits per heavy atom. The lowest BCUT2D eigenvalue weighted by Gasteiger charge is -2.07. The summed E-state index contributed by atoms with van der Waals surface area (Å²) in [4.78, 5) is 24.8. The number of halogens is 1. The molecule has 0 aliphatic rings. The summed E-state index contributed by atoms with van der Waals surface area (Å²) in [5.41, 5.74) is 1.96. The molecular weight excluding hydrogens is 396 g/mol. The van der Waals surface area contributed by atoms with Crippen LogP contribution in [0.3, 0.4) is 0 Å². The summed E-state index contributed by atoms with van der Waals surface area (Å²) in [6.07, 6.45) is 0. The number of nitrogens with one attached hydrogen (secondary N) is 1. The van der Waals surface area contributed by atoms with Crippen molar-refractivity contribution in [1.82, 2.24) is 24.9 Å². The lowest BCUT2D eigenvalue weighted by molar-refractivity contribution is 0.102. The second-order valence-electron chi connectivity index (χ2n) is 6.24. The van der Waals surface area contributed by atoms with Gasteiger partial charge in [-0.05, 0) is 47.7 Å². The van der Waals surface area contributed by atoms with Gasteiger partial charge in [0.15, 0.2) is 0 Å². The molecule has 2 aromatic carbocycles. The summed E-state index contributed by atoms with van der Waals surface area (Å²) < 4.78 is 7.51. The van der Waals surface area contributed by atoms with Crippen molar-refractivity contribution in [2.24, 2.45) is 7.05 Å². The summed E-state index contributed by atoms with van der Waals surface area (Å²) >= 11 is 6.24. The van der Waals surface area contributed by atoms with Gasteiger partial charge < -0.3 is 9.84 Å². The lowest BCUT2D eigenvalue weighted by atomic mass is 10.1. The molecule has 0 atom stereocenters. The molecule has 0 fully saturated rings. The number of hydrogen-bond acceptors (Lipinski definition) is 6. The Bertz CT molecular complexity index is 1260. The maximum Gasteiger partial charge on any atom is 0.368 e. The maximum atomic E-state index is 12.9. The minimum atomic E-state index is -0.386. The normalized spacial score (nSPS) is 10.9. The minimum Gasteiger partial charge on any atom is -0.360 e. The molecule has 1 N–H and O–H groups in total. The van der Waals surface area contributed by atoms with Gasteiger partial charge in [-0.15, -0.1) is 0 Å². The van der Waals surface area contributed by atoms with Gasteiger partial charge >= 0.3 is 5.69 Å². The maximum absolute atomic E-state index is 12.9. The number of tetrazole rings is 1. The van der Waals surface area contributed by atoms with Crippen LogP contribution in [0.15, 0.2) is 57.8 Å². The van der Waals surface area contributed by atoms with Crippen LogP contribution in [0.4, 0.5) is 5.69 Å². The highest BCUT2D eigenvalue weighted by atomic mass is 35.5. The Hall–Kier alpha value is -3.72. The highest BCUT2D eigenvalue weighted by Gasteiger charge is 2.23. The lowest BCUT2D eigenvalue weighted by Crippen LogP contribution is -2.21. The number of amides is 1. The van der Waals surface area contributed by atoms with E-state index < -0.39 is 0 Å². The average molecular weight is 411 g/mol. The molecule has 10 heteroatoms. The van der Waals surface area contributed by atoms with Gasteiger partial charge in [-0.3, -0.25) is 4.79 Å². The Kier molecular flexibility index (Phi) is 4.73. The number of aromatic nitrogens is 5. The number of rotatable bonds is 4. The number of benzene rings is 2. The van der Waals surface area contributed by atoms with Crippen LogP contribution in [0.2, 0.25) is 5.02 Å². The summed E-state index contributed by atoms with van der Waals surface area (Å²) in [5.74, 6) is -0.0109. The van der Waals surface area contributed by atoms with Crippen molar-refractivity contribution in [2.75, 3.05) is 5.32 Å². The fraction of sp³-hybridized carbons (Fsp3) is 0.105. The number of hydrogen-bond donors (Lipinski definition) is 1. The SMILES string of the molecule is Cc1onc(-c2ccccc2Cl)c1C(=O)Nc1ccc(-n2nnn(C)c2=O)cc1. The molecular formula is C19H15ClN6O3. The second kappa shape index (κ2) is 7.36. The van der Waals surface area contributed by atoms with Crippen molar-refractivity contribution in [3.05, 3.63) is 75.4 Å². The van der Waals surface area contributed by atoms with Crippen LogP contribution < -0.4 is 11.0 Å². The molecule has 0 aliphatic heterocycles. The van der Waals surface area contributed by atoms with Crippen LogP contribution in [-0.2, 0) is 7.05 Å². The zero-order valence-electron chi connectivity index (χ0n) is 15.5. The van der Waals surface area contributed by atoms with Gasteiger partial charge in [0.05, 0.1) is 10.7 Å². The van der Waals surface area contributed by atoms with E-state index in [4.69, 9.17) is 16.1 Å². The Morgan fingerprint density at radius 3 is 2.48 bits per heavy atom. The number of aryl methyl sites for hydroxylation is 2. The van der Waals surface area contributed by atoms with Crippen LogP contribution in [0.25, 0.3) is 16.9 Å². The first-order chi connectivity index (χ1) is 14.0. The molecule has 0 saturated heterocycles. The monoisotopic (exact) mass is 410 g/mol. The molecule has 4 rings (SSSR count).